The number of aromatic nitrogens is 1. The molecule has 64 valence electrons. The minimum absolute atomic E-state index is 0.521. The van der Waals surface area contributed by atoms with Gasteiger partial charge in [-0.05, 0) is 18.6 Å². The molecule has 4 heteroatoms. The molecule has 0 radical (unpaired) electrons. The van der Waals surface area contributed by atoms with E-state index >= 15 is 0 Å². The lowest BCUT2D eigenvalue weighted by Crippen LogP contribution is -2.20. The van der Waals surface area contributed by atoms with Gasteiger partial charge >= 0.3 is 5.97 Å². The Morgan fingerprint density at radius 3 is 2.75 bits per heavy atom. The molecule has 1 aromatic heterocycles. The molecule has 0 saturated carbocycles. The highest BCUT2D eigenvalue weighted by Gasteiger charge is 2.13. The van der Waals surface area contributed by atoms with E-state index < -0.39 is 12.0 Å². The van der Waals surface area contributed by atoms with Crippen LogP contribution in [0.15, 0.2) is 18.3 Å². The molecule has 1 aromatic rings. The molecule has 1 heterocycles. The summed E-state index contributed by atoms with van der Waals surface area (Å²) in [7, 11) is 0. The van der Waals surface area contributed by atoms with E-state index in [0.717, 1.165) is 5.69 Å². The van der Waals surface area contributed by atoms with Crippen LogP contribution < -0.4 is 5.73 Å². The third kappa shape index (κ3) is 1.79. The van der Waals surface area contributed by atoms with Crippen molar-refractivity contribution in [2.24, 2.45) is 5.73 Å². The molecule has 0 saturated heterocycles. The van der Waals surface area contributed by atoms with Crippen molar-refractivity contribution in [3.63, 3.8) is 0 Å². The Balaban J connectivity index is 2.89. The monoisotopic (exact) mass is 166 g/mol. The summed E-state index contributed by atoms with van der Waals surface area (Å²) in [6.45, 7) is 1.83. The van der Waals surface area contributed by atoms with Gasteiger partial charge in [0.15, 0.2) is 0 Å². The summed E-state index contributed by atoms with van der Waals surface area (Å²) in [5, 5.41) is 8.55. The van der Waals surface area contributed by atoms with Crippen LogP contribution in [0.3, 0.4) is 0 Å². The largest absolute Gasteiger partial charge is 0.480 e. The van der Waals surface area contributed by atoms with Crippen molar-refractivity contribution in [3.05, 3.63) is 29.6 Å². The smallest absolute Gasteiger partial charge is 0.325 e. The average Bonchev–Trinajstić information content (AvgIpc) is 2.04. The van der Waals surface area contributed by atoms with Gasteiger partial charge in [-0.1, -0.05) is 6.07 Å². The summed E-state index contributed by atoms with van der Waals surface area (Å²) in [4.78, 5) is 14.4. The molecule has 4 nitrogen and oxygen atoms in total. The number of carbonyl (C=O) groups is 1. The first-order chi connectivity index (χ1) is 5.61. The van der Waals surface area contributed by atoms with Gasteiger partial charge in [-0.15, -0.1) is 0 Å². The molecule has 0 bridgehead atoms. The molecule has 0 aliphatic heterocycles. The zero-order valence-corrected chi connectivity index (χ0v) is 6.69. The van der Waals surface area contributed by atoms with Gasteiger partial charge in [-0.2, -0.15) is 0 Å². The molecule has 0 spiro atoms. The second kappa shape index (κ2) is 3.32. The Kier molecular flexibility index (Phi) is 2.40. The van der Waals surface area contributed by atoms with E-state index in [1.165, 1.54) is 6.20 Å². The van der Waals surface area contributed by atoms with Gasteiger partial charge < -0.3 is 10.8 Å². The molecule has 0 unspecified atom stereocenters. The quantitative estimate of drug-likeness (QED) is 0.669. The van der Waals surface area contributed by atoms with E-state index in [9.17, 15) is 4.79 Å². The fraction of sp³-hybridized carbons (Fsp3) is 0.250. The summed E-state index contributed by atoms with van der Waals surface area (Å²) >= 11 is 0. The molecule has 0 aliphatic carbocycles. The maximum atomic E-state index is 10.4. The summed E-state index contributed by atoms with van der Waals surface area (Å²) in [5.74, 6) is -1.04. The highest BCUT2D eigenvalue weighted by molar-refractivity contribution is 5.74. The zero-order chi connectivity index (χ0) is 9.14. The maximum absolute atomic E-state index is 10.4. The van der Waals surface area contributed by atoms with Gasteiger partial charge in [0.2, 0.25) is 0 Å². The number of aliphatic carboxylic acids is 1. The van der Waals surface area contributed by atoms with E-state index in [1.54, 1.807) is 12.1 Å². The van der Waals surface area contributed by atoms with Crippen molar-refractivity contribution in [1.82, 2.24) is 4.98 Å². The fourth-order valence-corrected chi connectivity index (χ4v) is 0.806. The molecule has 12 heavy (non-hydrogen) atoms. The van der Waals surface area contributed by atoms with Gasteiger partial charge in [0.05, 0.1) is 0 Å². The number of carboxylic acids is 1. The van der Waals surface area contributed by atoms with E-state index in [-0.39, 0.29) is 0 Å². The van der Waals surface area contributed by atoms with Crippen molar-refractivity contribution in [2.45, 2.75) is 13.0 Å². The third-order valence-electron chi connectivity index (χ3n) is 1.56. The van der Waals surface area contributed by atoms with Crippen LogP contribution in [0.1, 0.15) is 17.3 Å². The van der Waals surface area contributed by atoms with Gasteiger partial charge in [-0.3, -0.25) is 9.78 Å². The van der Waals surface area contributed by atoms with E-state index in [4.69, 9.17) is 10.8 Å². The molecule has 0 fully saturated rings. The average molecular weight is 166 g/mol. The molecule has 1 rings (SSSR count). The van der Waals surface area contributed by atoms with E-state index in [1.807, 2.05) is 6.92 Å². The second-order valence-corrected chi connectivity index (χ2v) is 2.55. The standard InChI is InChI=1S/C8H10N2O2/c1-5-2-3-6(4-10-5)7(9)8(11)12/h2-4,7H,9H2,1H3,(H,11,12)/t7-/m1/s1. The third-order valence-corrected chi connectivity index (χ3v) is 1.56. The molecule has 3 N–H and O–H groups in total. The van der Waals surface area contributed by atoms with Crippen LogP contribution in [-0.2, 0) is 4.79 Å². The number of pyridine rings is 1. The summed E-state index contributed by atoms with van der Waals surface area (Å²) in [6.07, 6.45) is 1.48. The molecular weight excluding hydrogens is 156 g/mol. The van der Waals surface area contributed by atoms with E-state index in [2.05, 4.69) is 4.98 Å². The summed E-state index contributed by atoms with van der Waals surface area (Å²) in [6, 6.07) is 2.43. The minimum Gasteiger partial charge on any atom is -0.480 e. The Morgan fingerprint density at radius 1 is 1.67 bits per heavy atom. The Hall–Kier alpha value is -1.42. The normalized spacial score (nSPS) is 12.5. The number of hydrogen-bond acceptors (Lipinski definition) is 3. The van der Waals surface area contributed by atoms with Crippen molar-refractivity contribution in [2.75, 3.05) is 0 Å². The molecule has 0 aliphatic rings. The predicted molar refractivity (Wildman–Crippen MR) is 43.5 cm³/mol. The van der Waals surface area contributed by atoms with Gasteiger partial charge in [-0.25, -0.2) is 0 Å². The van der Waals surface area contributed by atoms with E-state index in [0.29, 0.717) is 5.56 Å². The van der Waals surface area contributed by atoms with Gasteiger partial charge in [0.25, 0.3) is 0 Å². The second-order valence-electron chi connectivity index (χ2n) is 2.55. The van der Waals surface area contributed by atoms with Crippen LogP contribution in [0.2, 0.25) is 0 Å². The first-order valence-corrected chi connectivity index (χ1v) is 3.52. The molecular formula is C8H10N2O2. The van der Waals surface area contributed by atoms with Gasteiger partial charge in [0.1, 0.15) is 6.04 Å². The maximum Gasteiger partial charge on any atom is 0.325 e. The predicted octanol–water partition coefficient (Wildman–Crippen LogP) is 0.474. The number of hydrogen-bond donors (Lipinski definition) is 2. The lowest BCUT2D eigenvalue weighted by molar-refractivity contribution is -0.138. The first-order valence-electron chi connectivity index (χ1n) is 3.52. The van der Waals surface area contributed by atoms with Crippen LogP contribution in [0, 0.1) is 6.92 Å². The van der Waals surface area contributed by atoms with Crippen LogP contribution in [0.5, 0.6) is 0 Å². The zero-order valence-electron chi connectivity index (χ0n) is 6.69. The number of aryl methyl sites for hydroxylation is 1. The molecule has 0 amide bonds. The SMILES string of the molecule is Cc1ccc([C@@H](N)C(=O)O)cn1. The van der Waals surface area contributed by atoms with Crippen molar-refractivity contribution < 1.29 is 9.90 Å². The molecule has 1 atom stereocenters. The summed E-state index contributed by atoms with van der Waals surface area (Å²) < 4.78 is 0. The number of rotatable bonds is 2. The van der Waals surface area contributed by atoms with Crippen molar-refractivity contribution in [3.8, 4) is 0 Å². The van der Waals surface area contributed by atoms with Crippen molar-refractivity contribution >= 4 is 5.97 Å². The van der Waals surface area contributed by atoms with Crippen LogP contribution in [-0.4, -0.2) is 16.1 Å². The topological polar surface area (TPSA) is 76.2 Å². The van der Waals surface area contributed by atoms with Crippen LogP contribution in [0.25, 0.3) is 0 Å². The first kappa shape index (κ1) is 8.67. The summed E-state index contributed by atoms with van der Waals surface area (Å²) in [5.41, 5.74) is 6.71. The van der Waals surface area contributed by atoms with Crippen molar-refractivity contribution in [1.29, 1.82) is 0 Å². The number of nitrogens with two attached hydrogens (primary N) is 1. The van der Waals surface area contributed by atoms with Crippen LogP contribution >= 0.6 is 0 Å². The number of nitrogens with zero attached hydrogens (tertiary/aromatic N) is 1. The fourth-order valence-electron chi connectivity index (χ4n) is 0.806. The minimum atomic E-state index is -1.04. The lowest BCUT2D eigenvalue weighted by Gasteiger charge is -2.05. The Bertz CT molecular complexity index is 282. The number of carboxylic acid groups (broad SMARTS) is 1. The highest BCUT2D eigenvalue weighted by atomic mass is 16.4. The Morgan fingerprint density at radius 2 is 2.33 bits per heavy atom. The van der Waals surface area contributed by atoms with Crippen LogP contribution in [0.4, 0.5) is 0 Å². The Labute approximate surface area is 70.0 Å². The van der Waals surface area contributed by atoms with Gasteiger partial charge in [0, 0.05) is 11.9 Å². The lowest BCUT2D eigenvalue weighted by atomic mass is 10.1. The highest BCUT2D eigenvalue weighted by Crippen LogP contribution is 2.08. The molecule has 0 aromatic carbocycles.